The molecular formula is C22H25N3O2. The van der Waals surface area contributed by atoms with Crippen LogP contribution in [0.15, 0.2) is 48.8 Å². The Morgan fingerprint density at radius 1 is 1.00 bits per heavy atom. The quantitative estimate of drug-likeness (QED) is 0.912. The second-order valence-corrected chi connectivity index (χ2v) is 7.45. The van der Waals surface area contributed by atoms with E-state index >= 15 is 0 Å². The minimum Gasteiger partial charge on any atom is -0.353 e. The maximum atomic E-state index is 12.9. The molecule has 1 saturated heterocycles. The van der Waals surface area contributed by atoms with Crippen LogP contribution in [-0.4, -0.2) is 40.8 Å². The number of nitrogens with zero attached hydrogens (tertiary/aromatic N) is 2. The van der Waals surface area contributed by atoms with Crippen molar-refractivity contribution >= 4 is 11.8 Å². The predicted octanol–water partition coefficient (Wildman–Crippen LogP) is 2.92. The highest BCUT2D eigenvalue weighted by molar-refractivity contribution is 5.94. The molecule has 5 heteroatoms. The van der Waals surface area contributed by atoms with Crippen LogP contribution in [0.5, 0.6) is 0 Å². The van der Waals surface area contributed by atoms with Crippen molar-refractivity contribution in [3.63, 3.8) is 0 Å². The van der Waals surface area contributed by atoms with Gasteiger partial charge in [0.05, 0.1) is 5.92 Å². The van der Waals surface area contributed by atoms with Gasteiger partial charge >= 0.3 is 0 Å². The first-order valence-corrected chi connectivity index (χ1v) is 9.80. The number of hydrogen-bond acceptors (Lipinski definition) is 3. The van der Waals surface area contributed by atoms with E-state index in [9.17, 15) is 9.59 Å². The van der Waals surface area contributed by atoms with Crippen molar-refractivity contribution in [2.24, 2.45) is 0 Å². The third-order valence-corrected chi connectivity index (χ3v) is 5.74. The molecule has 0 bridgehead atoms. The number of piperidine rings is 1. The van der Waals surface area contributed by atoms with Crippen LogP contribution in [-0.2, 0) is 11.2 Å². The van der Waals surface area contributed by atoms with Crippen molar-refractivity contribution in [1.82, 2.24) is 15.2 Å². The lowest BCUT2D eigenvalue weighted by Crippen LogP contribution is -2.47. The van der Waals surface area contributed by atoms with Gasteiger partial charge in [0.1, 0.15) is 0 Å². The number of amides is 2. The highest BCUT2D eigenvalue weighted by Gasteiger charge is 2.29. The fourth-order valence-corrected chi connectivity index (χ4v) is 4.23. The van der Waals surface area contributed by atoms with Gasteiger partial charge in [0.25, 0.3) is 5.91 Å². The fraction of sp³-hybridized carbons (Fsp3) is 0.409. The molecule has 0 saturated carbocycles. The molecule has 1 N–H and O–H groups in total. The number of rotatable bonds is 3. The first-order valence-electron chi connectivity index (χ1n) is 9.80. The summed E-state index contributed by atoms with van der Waals surface area (Å²) in [4.78, 5) is 31.2. The molecule has 5 nitrogen and oxygen atoms in total. The fourth-order valence-electron chi connectivity index (χ4n) is 4.23. The molecule has 1 atom stereocenters. The van der Waals surface area contributed by atoms with Crippen molar-refractivity contribution < 1.29 is 9.59 Å². The summed E-state index contributed by atoms with van der Waals surface area (Å²) in [6.45, 7) is 1.35. The molecule has 0 radical (unpaired) electrons. The molecule has 4 rings (SSSR count). The molecule has 1 aliphatic heterocycles. The summed E-state index contributed by atoms with van der Waals surface area (Å²) in [6.07, 6.45) is 7.93. The molecule has 1 fully saturated rings. The third-order valence-electron chi connectivity index (χ3n) is 5.74. The third kappa shape index (κ3) is 3.87. The molecule has 0 unspecified atom stereocenters. The van der Waals surface area contributed by atoms with Gasteiger partial charge in [-0.2, -0.15) is 0 Å². The maximum absolute atomic E-state index is 12.9. The standard InChI is InChI=1S/C22H25N3O2/c26-21(20-7-3-5-16-4-1-2-6-19(16)20)24-18-10-14-25(15-11-18)22(27)17-8-12-23-13-9-17/h1-2,4,6,8-9,12-13,18,20H,3,5,7,10-11,14-15H2,(H,24,26)/t20-/m0/s1. The van der Waals surface area contributed by atoms with E-state index in [1.54, 1.807) is 24.5 Å². The molecule has 0 spiro atoms. The molecular weight excluding hydrogens is 338 g/mol. The average Bonchev–Trinajstić information content (AvgIpc) is 2.74. The van der Waals surface area contributed by atoms with Crippen LogP contribution in [0.25, 0.3) is 0 Å². The summed E-state index contributed by atoms with van der Waals surface area (Å²) in [6, 6.07) is 11.9. The molecule has 140 valence electrons. The SMILES string of the molecule is O=C(NC1CCN(C(=O)c2ccncc2)CC1)[C@H]1CCCc2ccccc21. The Labute approximate surface area is 159 Å². The Kier molecular flexibility index (Phi) is 5.19. The first-order chi connectivity index (χ1) is 13.2. The van der Waals surface area contributed by atoms with Gasteiger partial charge in [-0.25, -0.2) is 0 Å². The van der Waals surface area contributed by atoms with E-state index < -0.39 is 0 Å². The summed E-state index contributed by atoms with van der Waals surface area (Å²) in [5, 5.41) is 3.24. The number of nitrogens with one attached hydrogen (secondary N) is 1. The van der Waals surface area contributed by atoms with Crippen LogP contribution in [0.1, 0.15) is 53.1 Å². The van der Waals surface area contributed by atoms with Crippen molar-refractivity contribution in [2.45, 2.75) is 44.1 Å². The van der Waals surface area contributed by atoms with Crippen molar-refractivity contribution in [2.75, 3.05) is 13.1 Å². The number of aryl methyl sites for hydroxylation is 1. The van der Waals surface area contributed by atoms with E-state index in [1.807, 2.05) is 11.0 Å². The molecule has 2 amide bonds. The van der Waals surface area contributed by atoms with Gasteiger partial charge in [-0.15, -0.1) is 0 Å². The van der Waals surface area contributed by atoms with E-state index in [-0.39, 0.29) is 23.8 Å². The average molecular weight is 363 g/mol. The number of likely N-dealkylation sites (tertiary alicyclic amines) is 1. The summed E-state index contributed by atoms with van der Waals surface area (Å²) in [5.74, 6) is 0.149. The Balaban J connectivity index is 1.33. The number of pyridine rings is 1. The van der Waals surface area contributed by atoms with Crippen LogP contribution in [0.3, 0.4) is 0 Å². The maximum Gasteiger partial charge on any atom is 0.253 e. The second-order valence-electron chi connectivity index (χ2n) is 7.45. The first kappa shape index (κ1) is 17.7. The summed E-state index contributed by atoms with van der Waals surface area (Å²) in [5.41, 5.74) is 3.17. The topological polar surface area (TPSA) is 62.3 Å². The smallest absolute Gasteiger partial charge is 0.253 e. The number of fused-ring (bicyclic) bond motifs is 1. The van der Waals surface area contributed by atoms with Gasteiger partial charge < -0.3 is 10.2 Å². The number of benzene rings is 1. The second kappa shape index (κ2) is 7.91. The molecule has 2 heterocycles. The minimum atomic E-state index is -0.0357. The van der Waals surface area contributed by atoms with Crippen molar-refractivity contribution in [1.29, 1.82) is 0 Å². The minimum absolute atomic E-state index is 0.0357. The monoisotopic (exact) mass is 363 g/mol. The van der Waals surface area contributed by atoms with Gasteiger partial charge in [0, 0.05) is 37.1 Å². The molecule has 2 aromatic rings. The van der Waals surface area contributed by atoms with Crippen molar-refractivity contribution in [3.05, 3.63) is 65.5 Å². The number of aromatic nitrogens is 1. The zero-order valence-corrected chi connectivity index (χ0v) is 15.4. The lowest BCUT2D eigenvalue weighted by atomic mass is 9.82. The number of carbonyl (C=O) groups excluding carboxylic acids is 2. The number of hydrogen-bond donors (Lipinski definition) is 1. The van der Waals surface area contributed by atoms with Crippen LogP contribution in [0, 0.1) is 0 Å². The number of carbonyl (C=O) groups is 2. The zero-order chi connectivity index (χ0) is 18.6. The highest BCUT2D eigenvalue weighted by atomic mass is 16.2. The van der Waals surface area contributed by atoms with Gasteiger partial charge in [-0.1, -0.05) is 24.3 Å². The summed E-state index contributed by atoms with van der Waals surface area (Å²) < 4.78 is 0. The Morgan fingerprint density at radius 2 is 1.74 bits per heavy atom. The van der Waals surface area contributed by atoms with Crippen LogP contribution in [0.2, 0.25) is 0 Å². The van der Waals surface area contributed by atoms with Crippen LogP contribution >= 0.6 is 0 Å². The molecule has 1 aromatic heterocycles. The Bertz CT molecular complexity index is 813. The Hall–Kier alpha value is -2.69. The highest BCUT2D eigenvalue weighted by Crippen LogP contribution is 2.31. The zero-order valence-electron chi connectivity index (χ0n) is 15.4. The van der Waals surface area contributed by atoms with E-state index in [1.165, 1.54) is 11.1 Å². The normalized spacial score (nSPS) is 20.0. The van der Waals surface area contributed by atoms with E-state index in [4.69, 9.17) is 0 Å². The molecule has 1 aliphatic carbocycles. The van der Waals surface area contributed by atoms with E-state index in [0.717, 1.165) is 32.1 Å². The molecule has 27 heavy (non-hydrogen) atoms. The van der Waals surface area contributed by atoms with Gasteiger partial charge in [0.15, 0.2) is 0 Å². The lowest BCUT2D eigenvalue weighted by Gasteiger charge is -2.34. The lowest BCUT2D eigenvalue weighted by molar-refractivity contribution is -0.123. The molecule has 1 aromatic carbocycles. The predicted molar refractivity (Wildman–Crippen MR) is 103 cm³/mol. The van der Waals surface area contributed by atoms with Crippen molar-refractivity contribution in [3.8, 4) is 0 Å². The Morgan fingerprint density at radius 3 is 2.52 bits per heavy atom. The summed E-state index contributed by atoms with van der Waals surface area (Å²) in [7, 11) is 0. The van der Waals surface area contributed by atoms with Gasteiger partial charge in [-0.05, 0) is 55.4 Å². The van der Waals surface area contributed by atoms with E-state index in [0.29, 0.717) is 18.7 Å². The summed E-state index contributed by atoms with van der Waals surface area (Å²) >= 11 is 0. The van der Waals surface area contributed by atoms with E-state index in [2.05, 4.69) is 28.5 Å². The molecule has 2 aliphatic rings. The van der Waals surface area contributed by atoms with Crippen LogP contribution < -0.4 is 5.32 Å². The van der Waals surface area contributed by atoms with Gasteiger partial charge in [-0.3, -0.25) is 14.6 Å². The van der Waals surface area contributed by atoms with Gasteiger partial charge in [0.2, 0.25) is 5.91 Å². The van der Waals surface area contributed by atoms with Crippen LogP contribution in [0.4, 0.5) is 0 Å². The largest absolute Gasteiger partial charge is 0.353 e.